The zero-order valence-corrected chi connectivity index (χ0v) is 10.8. The Morgan fingerprint density at radius 2 is 2.39 bits per heavy atom. The van der Waals surface area contributed by atoms with Gasteiger partial charge in [-0.25, -0.2) is 0 Å². The van der Waals surface area contributed by atoms with E-state index >= 15 is 0 Å². The number of hydrogen-bond acceptors (Lipinski definition) is 3. The van der Waals surface area contributed by atoms with Gasteiger partial charge in [-0.3, -0.25) is 4.79 Å². The van der Waals surface area contributed by atoms with Crippen LogP contribution < -0.4 is 10.6 Å². The molecule has 2 N–H and O–H groups in total. The number of ether oxygens (including phenoxy) is 1. The fraction of sp³-hybridized carbons (Fsp3) is 0.500. The molecule has 1 heterocycles. The summed E-state index contributed by atoms with van der Waals surface area (Å²) in [5.74, 6) is 0.0327. The fourth-order valence-corrected chi connectivity index (χ4v) is 2.21. The van der Waals surface area contributed by atoms with Crippen molar-refractivity contribution in [2.24, 2.45) is 0 Å². The monoisotopic (exact) mass is 248 g/mol. The molecule has 0 fully saturated rings. The van der Waals surface area contributed by atoms with E-state index in [4.69, 9.17) is 4.74 Å². The molecule has 0 bridgehead atoms. The maximum atomic E-state index is 11.5. The van der Waals surface area contributed by atoms with E-state index in [0.29, 0.717) is 19.6 Å². The summed E-state index contributed by atoms with van der Waals surface area (Å²) in [6, 6.07) is 6.27. The fourth-order valence-electron chi connectivity index (χ4n) is 2.21. The lowest BCUT2D eigenvalue weighted by atomic mass is 9.99. The van der Waals surface area contributed by atoms with Crippen molar-refractivity contribution in [3.63, 3.8) is 0 Å². The van der Waals surface area contributed by atoms with Crippen molar-refractivity contribution in [3.8, 4) is 0 Å². The molecule has 0 aliphatic carbocycles. The van der Waals surface area contributed by atoms with E-state index in [1.165, 1.54) is 17.7 Å². The third-order valence-corrected chi connectivity index (χ3v) is 3.17. The summed E-state index contributed by atoms with van der Waals surface area (Å²) in [6.45, 7) is 2.07. The van der Waals surface area contributed by atoms with Gasteiger partial charge in [-0.2, -0.15) is 0 Å². The van der Waals surface area contributed by atoms with Crippen LogP contribution in [0, 0.1) is 0 Å². The largest absolute Gasteiger partial charge is 0.385 e. The van der Waals surface area contributed by atoms with E-state index in [1.807, 2.05) is 0 Å². The molecule has 1 aromatic carbocycles. The van der Waals surface area contributed by atoms with E-state index < -0.39 is 0 Å². The van der Waals surface area contributed by atoms with Crippen molar-refractivity contribution in [1.82, 2.24) is 5.32 Å². The molecule has 1 amide bonds. The van der Waals surface area contributed by atoms with Gasteiger partial charge in [0.25, 0.3) is 0 Å². The predicted molar refractivity (Wildman–Crippen MR) is 71.6 cm³/mol. The van der Waals surface area contributed by atoms with E-state index in [0.717, 1.165) is 18.5 Å². The Kier molecular flexibility index (Phi) is 4.59. The van der Waals surface area contributed by atoms with Crippen molar-refractivity contribution in [2.75, 3.05) is 25.6 Å². The maximum absolute atomic E-state index is 11.5. The maximum Gasteiger partial charge on any atom is 0.222 e. The Bertz CT molecular complexity index is 418. The van der Waals surface area contributed by atoms with Crippen LogP contribution in [0.5, 0.6) is 0 Å². The van der Waals surface area contributed by atoms with Crippen LogP contribution in [0.2, 0.25) is 0 Å². The zero-order chi connectivity index (χ0) is 12.8. The molecular weight excluding hydrogens is 228 g/mol. The van der Waals surface area contributed by atoms with Gasteiger partial charge in [0.15, 0.2) is 0 Å². The molecule has 98 valence electrons. The minimum Gasteiger partial charge on any atom is -0.385 e. The van der Waals surface area contributed by atoms with Gasteiger partial charge in [0.2, 0.25) is 5.91 Å². The smallest absolute Gasteiger partial charge is 0.222 e. The molecule has 4 nitrogen and oxygen atoms in total. The Balaban J connectivity index is 1.95. The molecule has 1 aliphatic rings. The highest BCUT2D eigenvalue weighted by Gasteiger charge is 2.12. The molecule has 2 rings (SSSR count). The number of nitrogens with one attached hydrogen (secondary N) is 2. The summed E-state index contributed by atoms with van der Waals surface area (Å²) in [5, 5.41) is 6.35. The van der Waals surface area contributed by atoms with Crippen LogP contribution in [0.1, 0.15) is 24.0 Å². The number of aryl methyl sites for hydroxylation is 1. The van der Waals surface area contributed by atoms with Gasteiger partial charge in [-0.1, -0.05) is 18.2 Å². The highest BCUT2D eigenvalue weighted by atomic mass is 16.5. The standard InChI is InChI=1S/C14H20N2O2/c1-18-9-7-13(17)16-10-12-5-2-4-11-6-3-8-15-14(11)12/h2,4-5,15H,3,6-10H2,1H3,(H,16,17). The van der Waals surface area contributed by atoms with Crippen molar-refractivity contribution in [2.45, 2.75) is 25.8 Å². The van der Waals surface area contributed by atoms with E-state index in [1.54, 1.807) is 7.11 Å². The zero-order valence-electron chi connectivity index (χ0n) is 10.8. The van der Waals surface area contributed by atoms with E-state index in [2.05, 4.69) is 28.8 Å². The average Bonchev–Trinajstić information content (AvgIpc) is 2.42. The first-order valence-electron chi connectivity index (χ1n) is 6.41. The van der Waals surface area contributed by atoms with Gasteiger partial charge in [0.1, 0.15) is 0 Å². The number of fused-ring (bicyclic) bond motifs is 1. The van der Waals surface area contributed by atoms with Gasteiger partial charge in [0, 0.05) is 32.3 Å². The van der Waals surface area contributed by atoms with Gasteiger partial charge in [0.05, 0.1) is 6.61 Å². The summed E-state index contributed by atoms with van der Waals surface area (Å²) in [5.41, 5.74) is 3.72. The van der Waals surface area contributed by atoms with Gasteiger partial charge in [-0.05, 0) is 24.0 Å². The highest BCUT2D eigenvalue weighted by molar-refractivity contribution is 5.76. The second kappa shape index (κ2) is 6.40. The van der Waals surface area contributed by atoms with Crippen LogP contribution in [0.4, 0.5) is 5.69 Å². The first-order chi connectivity index (χ1) is 8.81. The molecule has 18 heavy (non-hydrogen) atoms. The summed E-state index contributed by atoms with van der Waals surface area (Å²) in [4.78, 5) is 11.5. The number of methoxy groups -OCH3 is 1. The normalized spacial score (nSPS) is 13.6. The lowest BCUT2D eigenvalue weighted by Crippen LogP contribution is -2.25. The molecular formula is C14H20N2O2. The summed E-state index contributed by atoms with van der Waals surface area (Å²) in [6.07, 6.45) is 2.71. The number of carbonyl (C=O) groups is 1. The minimum absolute atomic E-state index is 0.0327. The summed E-state index contributed by atoms with van der Waals surface area (Å²) < 4.78 is 4.88. The first-order valence-corrected chi connectivity index (χ1v) is 6.41. The lowest BCUT2D eigenvalue weighted by Gasteiger charge is -2.21. The molecule has 0 aromatic heterocycles. The quantitative estimate of drug-likeness (QED) is 0.834. The van der Waals surface area contributed by atoms with Gasteiger partial charge in [-0.15, -0.1) is 0 Å². The second-order valence-corrected chi connectivity index (χ2v) is 4.50. The Morgan fingerprint density at radius 1 is 1.50 bits per heavy atom. The third-order valence-electron chi connectivity index (χ3n) is 3.17. The Morgan fingerprint density at radius 3 is 3.22 bits per heavy atom. The number of amides is 1. The second-order valence-electron chi connectivity index (χ2n) is 4.50. The molecule has 0 saturated heterocycles. The Labute approximate surface area is 108 Å². The number of hydrogen-bond donors (Lipinski definition) is 2. The molecule has 0 unspecified atom stereocenters. The highest BCUT2D eigenvalue weighted by Crippen LogP contribution is 2.25. The van der Waals surface area contributed by atoms with Crippen LogP contribution in [-0.2, 0) is 22.5 Å². The molecule has 1 aromatic rings. The molecule has 0 saturated carbocycles. The Hall–Kier alpha value is -1.55. The average molecular weight is 248 g/mol. The molecule has 0 atom stereocenters. The van der Waals surface area contributed by atoms with Gasteiger partial charge < -0.3 is 15.4 Å². The van der Waals surface area contributed by atoms with Gasteiger partial charge >= 0.3 is 0 Å². The van der Waals surface area contributed by atoms with Crippen LogP contribution in [0.3, 0.4) is 0 Å². The molecule has 0 radical (unpaired) electrons. The number of anilines is 1. The molecule has 4 heteroatoms. The van der Waals surface area contributed by atoms with Crippen molar-refractivity contribution >= 4 is 11.6 Å². The summed E-state index contributed by atoms with van der Waals surface area (Å²) >= 11 is 0. The minimum atomic E-state index is 0.0327. The number of carbonyl (C=O) groups excluding carboxylic acids is 1. The third kappa shape index (κ3) is 3.23. The van der Waals surface area contributed by atoms with Crippen LogP contribution >= 0.6 is 0 Å². The molecule has 0 spiro atoms. The van der Waals surface area contributed by atoms with Crippen molar-refractivity contribution < 1.29 is 9.53 Å². The van der Waals surface area contributed by atoms with Crippen LogP contribution in [-0.4, -0.2) is 26.2 Å². The number of rotatable bonds is 5. The summed E-state index contributed by atoms with van der Waals surface area (Å²) in [7, 11) is 1.60. The topological polar surface area (TPSA) is 50.4 Å². The number of para-hydroxylation sites is 1. The lowest BCUT2D eigenvalue weighted by molar-refractivity contribution is -0.122. The van der Waals surface area contributed by atoms with E-state index in [-0.39, 0.29) is 5.91 Å². The van der Waals surface area contributed by atoms with E-state index in [9.17, 15) is 4.79 Å². The predicted octanol–water partition coefficient (Wildman–Crippen LogP) is 1.70. The van der Waals surface area contributed by atoms with Crippen LogP contribution in [0.25, 0.3) is 0 Å². The van der Waals surface area contributed by atoms with Crippen molar-refractivity contribution in [3.05, 3.63) is 29.3 Å². The van der Waals surface area contributed by atoms with Crippen LogP contribution in [0.15, 0.2) is 18.2 Å². The van der Waals surface area contributed by atoms with Crippen molar-refractivity contribution in [1.29, 1.82) is 0 Å². The SMILES string of the molecule is COCCC(=O)NCc1cccc2c1NCCC2. The first kappa shape index (κ1) is 12.9. The molecule has 1 aliphatic heterocycles. The number of benzene rings is 1.